The van der Waals surface area contributed by atoms with Gasteiger partial charge in [0.2, 0.25) is 15.9 Å². The number of benzene rings is 3. The Bertz CT molecular complexity index is 1510. The molecule has 9 nitrogen and oxygen atoms in total. The minimum atomic E-state index is -4.51. The van der Waals surface area contributed by atoms with Crippen LogP contribution in [0.4, 0.5) is 23.7 Å². The highest BCUT2D eigenvalue weighted by Gasteiger charge is 2.43. The van der Waals surface area contributed by atoms with Crippen LogP contribution in [0, 0.1) is 0 Å². The van der Waals surface area contributed by atoms with E-state index < -0.39 is 39.7 Å². The number of nitrogens with one attached hydrogen (secondary N) is 1. The van der Waals surface area contributed by atoms with Gasteiger partial charge >= 0.3 is 12.2 Å². The van der Waals surface area contributed by atoms with Crippen molar-refractivity contribution in [2.75, 3.05) is 51.3 Å². The molecule has 1 unspecified atom stereocenters. The number of piperazine rings is 1. The lowest BCUT2D eigenvalue weighted by atomic mass is 10.1. The molecular weight excluding hydrogens is 573 g/mol. The average Bonchev–Trinajstić information content (AvgIpc) is 3.01. The van der Waals surface area contributed by atoms with E-state index in [1.54, 1.807) is 12.1 Å². The molecule has 0 radical (unpaired) electrons. The molecule has 2 heterocycles. The Morgan fingerprint density at radius 2 is 1.40 bits per heavy atom. The number of sulfonamides is 1. The zero-order chi connectivity index (χ0) is 29.9. The standard InChI is InChI=1S/C29H29F3N4O5S/c30-29(31,32)23-8-10-24(11-9-23)33-28(38)35-14-15-36(26(20-35)27(37)34-16-18-41-19-17-34)42(39,40)25-12-6-22(7-13-25)21-4-2-1-3-5-21/h1-13,26H,14-20H2,(H,33,38). The topological polar surface area (TPSA) is 99.3 Å². The van der Waals surface area contributed by atoms with Crippen molar-refractivity contribution in [3.8, 4) is 11.1 Å². The monoisotopic (exact) mass is 602 g/mol. The van der Waals surface area contributed by atoms with Gasteiger partial charge in [0.15, 0.2) is 0 Å². The summed E-state index contributed by atoms with van der Waals surface area (Å²) in [6, 6.07) is 18.0. The van der Waals surface area contributed by atoms with Crippen molar-refractivity contribution < 1.29 is 35.9 Å². The number of carbonyl (C=O) groups excluding carboxylic acids is 2. The van der Waals surface area contributed by atoms with Crippen LogP contribution >= 0.6 is 0 Å². The van der Waals surface area contributed by atoms with Gasteiger partial charge in [0, 0.05) is 38.4 Å². The molecule has 42 heavy (non-hydrogen) atoms. The summed E-state index contributed by atoms with van der Waals surface area (Å²) in [5.74, 6) is -0.449. The first kappa shape index (κ1) is 29.5. The van der Waals surface area contributed by atoms with Gasteiger partial charge in [-0.1, -0.05) is 42.5 Å². The molecule has 2 saturated heterocycles. The first-order chi connectivity index (χ1) is 20.0. The molecule has 1 N–H and O–H groups in total. The number of hydrogen-bond donors (Lipinski definition) is 1. The van der Waals surface area contributed by atoms with Gasteiger partial charge in [0.05, 0.1) is 23.7 Å². The molecule has 3 aromatic rings. The predicted octanol–water partition coefficient (Wildman–Crippen LogP) is 4.14. The summed E-state index contributed by atoms with van der Waals surface area (Å²) in [5.41, 5.74) is 1.04. The zero-order valence-corrected chi connectivity index (χ0v) is 23.3. The fourth-order valence-electron chi connectivity index (χ4n) is 4.96. The van der Waals surface area contributed by atoms with Crippen LogP contribution in [-0.4, -0.2) is 86.4 Å². The Hall–Kier alpha value is -3.94. The van der Waals surface area contributed by atoms with Gasteiger partial charge < -0.3 is 19.9 Å². The van der Waals surface area contributed by atoms with Crippen LogP contribution in [-0.2, 0) is 25.7 Å². The number of morpholine rings is 1. The molecule has 2 fully saturated rings. The predicted molar refractivity (Wildman–Crippen MR) is 149 cm³/mol. The lowest BCUT2D eigenvalue weighted by Gasteiger charge is -2.42. The number of ether oxygens (including phenoxy) is 1. The molecule has 0 saturated carbocycles. The maximum atomic E-state index is 13.8. The number of anilines is 1. The fraction of sp³-hybridized carbons (Fsp3) is 0.310. The third-order valence-electron chi connectivity index (χ3n) is 7.26. The molecule has 2 aliphatic rings. The maximum Gasteiger partial charge on any atom is 0.416 e. The van der Waals surface area contributed by atoms with Gasteiger partial charge in [0.1, 0.15) is 6.04 Å². The molecule has 3 amide bonds. The molecule has 2 aliphatic heterocycles. The van der Waals surface area contributed by atoms with E-state index in [4.69, 9.17) is 4.74 Å². The quantitative estimate of drug-likeness (QED) is 0.474. The van der Waals surface area contributed by atoms with E-state index in [0.717, 1.165) is 39.7 Å². The largest absolute Gasteiger partial charge is 0.416 e. The smallest absolute Gasteiger partial charge is 0.378 e. The molecule has 1 atom stereocenters. The fourth-order valence-corrected chi connectivity index (χ4v) is 6.53. The van der Waals surface area contributed by atoms with Crippen molar-refractivity contribution >= 4 is 27.6 Å². The first-order valence-corrected chi connectivity index (χ1v) is 14.7. The van der Waals surface area contributed by atoms with Crippen LogP contribution in [0.2, 0.25) is 0 Å². The average molecular weight is 603 g/mol. The van der Waals surface area contributed by atoms with Crippen molar-refractivity contribution in [1.82, 2.24) is 14.1 Å². The second kappa shape index (κ2) is 12.1. The number of alkyl halides is 3. The van der Waals surface area contributed by atoms with Crippen LogP contribution < -0.4 is 5.32 Å². The van der Waals surface area contributed by atoms with Gasteiger partial charge in [-0.3, -0.25) is 4.79 Å². The molecule has 0 aliphatic carbocycles. The highest BCUT2D eigenvalue weighted by Crippen LogP contribution is 2.30. The lowest BCUT2D eigenvalue weighted by Crippen LogP contribution is -2.63. The van der Waals surface area contributed by atoms with Crippen LogP contribution in [0.3, 0.4) is 0 Å². The van der Waals surface area contributed by atoms with Crippen molar-refractivity contribution in [2.45, 2.75) is 17.1 Å². The van der Waals surface area contributed by atoms with Crippen LogP contribution in [0.15, 0.2) is 83.8 Å². The minimum absolute atomic E-state index is 0.0182. The summed E-state index contributed by atoms with van der Waals surface area (Å²) in [4.78, 5) is 29.5. The molecule has 3 aromatic carbocycles. The summed E-state index contributed by atoms with van der Waals surface area (Å²) in [7, 11) is -4.13. The number of nitrogens with zero attached hydrogens (tertiary/aromatic N) is 3. The number of urea groups is 1. The summed E-state index contributed by atoms with van der Waals surface area (Å²) in [5, 5.41) is 2.54. The van der Waals surface area contributed by atoms with Gasteiger partial charge in [-0.2, -0.15) is 17.5 Å². The molecule has 0 aromatic heterocycles. The summed E-state index contributed by atoms with van der Waals surface area (Å²) in [6.45, 7) is 0.780. The highest BCUT2D eigenvalue weighted by molar-refractivity contribution is 7.89. The molecule has 0 spiro atoms. The minimum Gasteiger partial charge on any atom is -0.378 e. The molecule has 13 heteroatoms. The van der Waals surface area contributed by atoms with Gasteiger partial charge in [-0.05, 0) is 47.5 Å². The third kappa shape index (κ3) is 6.42. The van der Waals surface area contributed by atoms with E-state index in [-0.39, 0.29) is 43.3 Å². The lowest BCUT2D eigenvalue weighted by molar-refractivity contribution is -0.140. The number of amides is 3. The van der Waals surface area contributed by atoms with E-state index in [9.17, 15) is 31.2 Å². The zero-order valence-electron chi connectivity index (χ0n) is 22.5. The van der Waals surface area contributed by atoms with E-state index in [1.807, 2.05) is 30.3 Å². The second-order valence-electron chi connectivity index (χ2n) is 9.91. The summed E-state index contributed by atoms with van der Waals surface area (Å²) < 4.78 is 72.8. The second-order valence-corrected chi connectivity index (χ2v) is 11.8. The normalized spacial score (nSPS) is 18.5. The molecular formula is C29H29F3N4O5S. The third-order valence-corrected chi connectivity index (χ3v) is 9.18. The van der Waals surface area contributed by atoms with Crippen molar-refractivity contribution in [3.63, 3.8) is 0 Å². The van der Waals surface area contributed by atoms with Crippen LogP contribution in [0.1, 0.15) is 5.56 Å². The molecule has 0 bridgehead atoms. The Morgan fingerprint density at radius 1 is 0.786 bits per heavy atom. The molecule has 5 rings (SSSR count). The highest BCUT2D eigenvalue weighted by atomic mass is 32.2. The van der Waals surface area contributed by atoms with Crippen LogP contribution in [0.25, 0.3) is 11.1 Å². The van der Waals surface area contributed by atoms with Gasteiger partial charge in [-0.25, -0.2) is 13.2 Å². The Balaban J connectivity index is 1.36. The van der Waals surface area contributed by atoms with Gasteiger partial charge in [-0.15, -0.1) is 0 Å². The van der Waals surface area contributed by atoms with Crippen LogP contribution in [0.5, 0.6) is 0 Å². The first-order valence-electron chi connectivity index (χ1n) is 13.3. The number of halogens is 3. The maximum absolute atomic E-state index is 13.8. The summed E-state index contributed by atoms with van der Waals surface area (Å²) >= 11 is 0. The Labute approximate surface area is 241 Å². The number of rotatable bonds is 5. The Kier molecular flexibility index (Phi) is 8.53. The van der Waals surface area contributed by atoms with Crippen molar-refractivity contribution in [2.24, 2.45) is 0 Å². The van der Waals surface area contributed by atoms with Gasteiger partial charge in [0.25, 0.3) is 0 Å². The SMILES string of the molecule is O=C(Nc1ccc(C(F)(F)F)cc1)N1CCN(S(=O)(=O)c2ccc(-c3ccccc3)cc2)C(C(=O)N2CCOCC2)C1. The summed E-state index contributed by atoms with van der Waals surface area (Å²) in [6.07, 6.45) is -4.51. The van der Waals surface area contributed by atoms with Crippen molar-refractivity contribution in [1.29, 1.82) is 0 Å². The molecule has 222 valence electrons. The van der Waals surface area contributed by atoms with E-state index in [0.29, 0.717) is 13.2 Å². The van der Waals surface area contributed by atoms with E-state index in [1.165, 1.54) is 21.9 Å². The van der Waals surface area contributed by atoms with E-state index in [2.05, 4.69) is 5.32 Å². The number of carbonyl (C=O) groups is 2. The van der Waals surface area contributed by atoms with E-state index >= 15 is 0 Å². The van der Waals surface area contributed by atoms with Crippen molar-refractivity contribution in [3.05, 3.63) is 84.4 Å². The number of hydrogen-bond acceptors (Lipinski definition) is 5. The Morgan fingerprint density at radius 3 is 2.02 bits per heavy atom.